The van der Waals surface area contributed by atoms with Gasteiger partial charge in [-0.3, -0.25) is 20.4 Å². The minimum atomic E-state index is -0.502. The van der Waals surface area contributed by atoms with Crippen LogP contribution in [-0.4, -0.2) is 25.0 Å². The molecule has 2 amide bonds. The van der Waals surface area contributed by atoms with Gasteiger partial charge in [0.05, 0.1) is 16.6 Å². The lowest BCUT2D eigenvalue weighted by Crippen LogP contribution is -2.44. The zero-order valence-electron chi connectivity index (χ0n) is 16.2. The summed E-state index contributed by atoms with van der Waals surface area (Å²) in [4.78, 5) is 24.4. The number of hydrogen-bond acceptors (Lipinski definition) is 4. The van der Waals surface area contributed by atoms with Crippen LogP contribution in [0.5, 0.6) is 11.5 Å². The summed E-state index contributed by atoms with van der Waals surface area (Å²) in [7, 11) is 0. The molecule has 0 unspecified atom stereocenters. The number of unbranched alkanes of at least 4 members (excludes halogenated alkanes) is 3. The zero-order valence-corrected chi connectivity index (χ0v) is 18.5. The second-order valence-corrected chi connectivity index (χ2v) is 7.56. The van der Waals surface area contributed by atoms with E-state index < -0.39 is 11.8 Å². The van der Waals surface area contributed by atoms with Gasteiger partial charge in [-0.15, -0.1) is 0 Å². The van der Waals surface area contributed by atoms with E-state index in [4.69, 9.17) is 21.1 Å². The van der Waals surface area contributed by atoms with Crippen molar-refractivity contribution in [1.82, 2.24) is 10.9 Å². The van der Waals surface area contributed by atoms with Crippen molar-refractivity contribution in [2.45, 2.75) is 32.6 Å². The van der Waals surface area contributed by atoms with Crippen molar-refractivity contribution in [3.8, 4) is 11.5 Å². The summed E-state index contributed by atoms with van der Waals surface area (Å²) in [6.07, 6.45) is 4.33. The monoisotopic (exact) mass is 482 g/mol. The highest BCUT2D eigenvalue weighted by molar-refractivity contribution is 9.10. The molecule has 0 spiro atoms. The van der Waals surface area contributed by atoms with Crippen LogP contribution in [0.25, 0.3) is 0 Å². The molecule has 0 aliphatic heterocycles. The highest BCUT2D eigenvalue weighted by atomic mass is 79.9. The molecule has 0 aliphatic rings. The van der Waals surface area contributed by atoms with E-state index >= 15 is 0 Å². The summed E-state index contributed by atoms with van der Waals surface area (Å²) in [5.74, 6) is -0.0110. The van der Waals surface area contributed by atoms with E-state index in [0.717, 1.165) is 25.7 Å². The number of hydrazine groups is 1. The first-order valence-corrected chi connectivity index (χ1v) is 10.6. The SMILES string of the molecule is CCCCCCOc1ccccc1C(=O)NNC(=O)COc1ccc(Cl)cc1Br. The molecule has 6 nitrogen and oxygen atoms in total. The van der Waals surface area contributed by atoms with Gasteiger partial charge in [-0.1, -0.05) is 49.9 Å². The van der Waals surface area contributed by atoms with Gasteiger partial charge < -0.3 is 9.47 Å². The van der Waals surface area contributed by atoms with E-state index in [9.17, 15) is 9.59 Å². The van der Waals surface area contributed by atoms with Gasteiger partial charge in [0.1, 0.15) is 11.5 Å². The van der Waals surface area contributed by atoms with Crippen molar-refractivity contribution in [3.63, 3.8) is 0 Å². The molecule has 0 radical (unpaired) electrons. The maximum atomic E-state index is 12.4. The van der Waals surface area contributed by atoms with Gasteiger partial charge >= 0.3 is 0 Å². The molecular weight excluding hydrogens is 460 g/mol. The second-order valence-electron chi connectivity index (χ2n) is 6.27. The summed E-state index contributed by atoms with van der Waals surface area (Å²) < 4.78 is 11.8. The van der Waals surface area contributed by atoms with Crippen molar-refractivity contribution < 1.29 is 19.1 Å². The number of nitrogens with one attached hydrogen (secondary N) is 2. The van der Waals surface area contributed by atoms with Crippen LogP contribution in [0.3, 0.4) is 0 Å². The molecule has 8 heteroatoms. The fourth-order valence-electron chi connectivity index (χ4n) is 2.46. The molecule has 2 rings (SSSR count). The van der Waals surface area contributed by atoms with Gasteiger partial charge in [-0.05, 0) is 52.7 Å². The normalized spacial score (nSPS) is 10.3. The van der Waals surface area contributed by atoms with E-state index in [-0.39, 0.29) is 6.61 Å². The molecule has 0 fully saturated rings. The van der Waals surface area contributed by atoms with Crippen molar-refractivity contribution >= 4 is 39.3 Å². The van der Waals surface area contributed by atoms with Crippen LogP contribution < -0.4 is 20.3 Å². The predicted molar refractivity (Wildman–Crippen MR) is 116 cm³/mol. The van der Waals surface area contributed by atoms with Crippen molar-refractivity contribution in [2.24, 2.45) is 0 Å². The molecule has 0 heterocycles. The molecule has 156 valence electrons. The van der Waals surface area contributed by atoms with Crippen LogP contribution >= 0.6 is 27.5 Å². The van der Waals surface area contributed by atoms with Gasteiger partial charge in [-0.25, -0.2) is 0 Å². The van der Waals surface area contributed by atoms with Crippen LogP contribution in [0.1, 0.15) is 43.0 Å². The van der Waals surface area contributed by atoms with Crippen molar-refractivity contribution in [3.05, 3.63) is 57.5 Å². The molecule has 0 atom stereocenters. The van der Waals surface area contributed by atoms with Crippen LogP contribution in [0.2, 0.25) is 5.02 Å². The summed E-state index contributed by atoms with van der Waals surface area (Å²) in [5.41, 5.74) is 5.06. The number of ether oxygens (including phenoxy) is 2. The zero-order chi connectivity index (χ0) is 21.1. The summed E-state index contributed by atoms with van der Waals surface area (Å²) in [5, 5.41) is 0.548. The van der Waals surface area contributed by atoms with Crippen molar-refractivity contribution in [1.29, 1.82) is 0 Å². The Kier molecular flexibility index (Phi) is 9.80. The molecule has 2 aromatic rings. The number of para-hydroxylation sites is 1. The van der Waals surface area contributed by atoms with Crippen LogP contribution in [0.4, 0.5) is 0 Å². The topological polar surface area (TPSA) is 76.7 Å². The Bertz CT molecular complexity index is 832. The fraction of sp³-hybridized carbons (Fsp3) is 0.333. The number of carbonyl (C=O) groups excluding carboxylic acids is 2. The Hall–Kier alpha value is -2.25. The third kappa shape index (κ3) is 7.95. The molecule has 0 aliphatic carbocycles. The van der Waals surface area contributed by atoms with Crippen LogP contribution in [0.15, 0.2) is 46.9 Å². The van der Waals surface area contributed by atoms with E-state index in [1.807, 2.05) is 0 Å². The molecule has 2 N–H and O–H groups in total. The van der Waals surface area contributed by atoms with E-state index in [1.54, 1.807) is 42.5 Å². The average Bonchev–Trinajstić information content (AvgIpc) is 2.71. The predicted octanol–water partition coefficient (Wildman–Crippen LogP) is 4.90. The van der Waals surface area contributed by atoms with Gasteiger partial charge in [0.25, 0.3) is 11.8 Å². The first-order chi connectivity index (χ1) is 14.0. The quantitative estimate of drug-likeness (QED) is 0.372. The lowest BCUT2D eigenvalue weighted by Gasteiger charge is -2.13. The number of rotatable bonds is 10. The molecular formula is C21H24BrClN2O4. The molecule has 2 aromatic carbocycles. The van der Waals surface area contributed by atoms with E-state index in [0.29, 0.717) is 33.2 Å². The number of carbonyl (C=O) groups is 2. The Balaban J connectivity index is 1.81. The highest BCUT2D eigenvalue weighted by Crippen LogP contribution is 2.27. The Labute approximate surface area is 184 Å². The second kappa shape index (κ2) is 12.3. The molecule has 0 saturated heterocycles. The molecule has 0 saturated carbocycles. The maximum absolute atomic E-state index is 12.4. The van der Waals surface area contributed by atoms with Gasteiger partial charge in [-0.2, -0.15) is 0 Å². The first-order valence-electron chi connectivity index (χ1n) is 9.40. The van der Waals surface area contributed by atoms with Gasteiger partial charge in [0.15, 0.2) is 6.61 Å². The van der Waals surface area contributed by atoms with E-state index in [2.05, 4.69) is 33.7 Å². The third-order valence-corrected chi connectivity index (χ3v) is 4.81. The lowest BCUT2D eigenvalue weighted by molar-refractivity contribution is -0.123. The summed E-state index contributed by atoms with van der Waals surface area (Å²) in [6, 6.07) is 11.9. The Morgan fingerprint density at radius 1 is 1.00 bits per heavy atom. The summed E-state index contributed by atoms with van der Waals surface area (Å²) in [6.45, 7) is 2.42. The number of hydrogen-bond donors (Lipinski definition) is 2. The Morgan fingerprint density at radius 3 is 2.55 bits per heavy atom. The third-order valence-electron chi connectivity index (χ3n) is 3.96. The minimum absolute atomic E-state index is 0.268. The van der Waals surface area contributed by atoms with E-state index in [1.165, 1.54) is 0 Å². The average molecular weight is 484 g/mol. The number of amides is 2. The van der Waals surface area contributed by atoms with Crippen LogP contribution in [0, 0.1) is 0 Å². The largest absolute Gasteiger partial charge is 0.493 e. The van der Waals surface area contributed by atoms with Gasteiger partial charge in [0, 0.05) is 5.02 Å². The van der Waals surface area contributed by atoms with Gasteiger partial charge in [0.2, 0.25) is 0 Å². The first kappa shape index (κ1) is 23.0. The summed E-state index contributed by atoms with van der Waals surface area (Å²) >= 11 is 9.17. The maximum Gasteiger partial charge on any atom is 0.276 e. The van der Waals surface area contributed by atoms with Crippen LogP contribution in [-0.2, 0) is 4.79 Å². The number of benzene rings is 2. The smallest absolute Gasteiger partial charge is 0.276 e. The lowest BCUT2D eigenvalue weighted by atomic mass is 10.2. The fourth-order valence-corrected chi connectivity index (χ4v) is 3.25. The molecule has 29 heavy (non-hydrogen) atoms. The molecule has 0 bridgehead atoms. The molecule has 0 aromatic heterocycles. The highest BCUT2D eigenvalue weighted by Gasteiger charge is 2.13. The minimum Gasteiger partial charge on any atom is -0.493 e. The standard InChI is InChI=1S/C21H24BrClN2O4/c1-2-3-4-7-12-28-18-9-6-5-8-16(18)21(27)25-24-20(26)14-29-19-11-10-15(23)13-17(19)22/h5-6,8-11,13H,2-4,7,12,14H2,1H3,(H,24,26)(H,25,27). The number of halogens is 2. The van der Waals surface area contributed by atoms with Crippen molar-refractivity contribution in [2.75, 3.05) is 13.2 Å². The Morgan fingerprint density at radius 2 is 1.79 bits per heavy atom.